The quantitative estimate of drug-likeness (QED) is 0.750. The topological polar surface area (TPSA) is 24.9 Å². The molecule has 0 unspecified atom stereocenters. The van der Waals surface area contributed by atoms with Gasteiger partial charge in [-0.3, -0.25) is 4.98 Å². The fourth-order valence-corrected chi connectivity index (χ4v) is 1.36. The molecule has 1 aromatic rings. The largest absolute Gasteiger partial charge is 0.417 e. The third kappa shape index (κ3) is 1.72. The number of hydrogen-bond acceptors (Lipinski definition) is 2. The number of alkyl halides is 3. The van der Waals surface area contributed by atoms with Crippen LogP contribution in [0.4, 0.5) is 13.2 Å². The SMILES string of the molecule is FC(F)(F)c1cncc(C2CNC2)c1. The van der Waals surface area contributed by atoms with Crippen molar-refractivity contribution in [1.29, 1.82) is 0 Å². The van der Waals surface area contributed by atoms with Crippen molar-refractivity contribution in [3.8, 4) is 0 Å². The lowest BCUT2D eigenvalue weighted by Gasteiger charge is -2.27. The van der Waals surface area contributed by atoms with Crippen LogP contribution in [-0.2, 0) is 6.18 Å². The number of halogens is 3. The molecule has 14 heavy (non-hydrogen) atoms. The van der Waals surface area contributed by atoms with Gasteiger partial charge in [0.1, 0.15) is 0 Å². The maximum Gasteiger partial charge on any atom is 0.417 e. The summed E-state index contributed by atoms with van der Waals surface area (Å²) >= 11 is 0. The Bertz CT molecular complexity index is 331. The summed E-state index contributed by atoms with van der Waals surface area (Å²) in [5, 5.41) is 3.01. The van der Waals surface area contributed by atoms with E-state index >= 15 is 0 Å². The zero-order chi connectivity index (χ0) is 10.2. The first-order chi connectivity index (χ1) is 6.57. The fourth-order valence-electron chi connectivity index (χ4n) is 1.36. The molecule has 0 amide bonds. The Morgan fingerprint density at radius 1 is 1.29 bits per heavy atom. The number of nitrogens with one attached hydrogen (secondary N) is 1. The van der Waals surface area contributed by atoms with Gasteiger partial charge in [-0.05, 0) is 11.6 Å². The molecule has 0 saturated carbocycles. The molecule has 1 aliphatic rings. The normalized spacial score (nSPS) is 17.9. The minimum Gasteiger partial charge on any atom is -0.315 e. The number of hydrogen-bond donors (Lipinski definition) is 1. The maximum absolute atomic E-state index is 12.3. The van der Waals surface area contributed by atoms with Crippen molar-refractivity contribution in [3.05, 3.63) is 29.6 Å². The number of rotatable bonds is 1. The van der Waals surface area contributed by atoms with E-state index in [1.54, 1.807) is 0 Å². The van der Waals surface area contributed by atoms with Crippen molar-refractivity contribution in [1.82, 2.24) is 10.3 Å². The summed E-state index contributed by atoms with van der Waals surface area (Å²) in [6.07, 6.45) is -1.93. The molecule has 2 heterocycles. The van der Waals surface area contributed by atoms with Gasteiger partial charge in [-0.2, -0.15) is 13.2 Å². The van der Waals surface area contributed by atoms with Gasteiger partial charge in [-0.1, -0.05) is 0 Å². The monoisotopic (exact) mass is 202 g/mol. The summed E-state index contributed by atoms with van der Waals surface area (Å²) in [6.45, 7) is 1.48. The fraction of sp³-hybridized carbons (Fsp3) is 0.444. The molecule has 2 nitrogen and oxygen atoms in total. The average molecular weight is 202 g/mol. The molecule has 0 atom stereocenters. The van der Waals surface area contributed by atoms with E-state index in [1.165, 1.54) is 12.3 Å². The maximum atomic E-state index is 12.3. The first kappa shape index (κ1) is 9.45. The van der Waals surface area contributed by atoms with Gasteiger partial charge in [0.2, 0.25) is 0 Å². The van der Waals surface area contributed by atoms with Gasteiger partial charge in [0.05, 0.1) is 5.56 Å². The molecular formula is C9H9F3N2. The van der Waals surface area contributed by atoms with Crippen molar-refractivity contribution in [3.63, 3.8) is 0 Å². The zero-order valence-corrected chi connectivity index (χ0v) is 7.30. The molecular weight excluding hydrogens is 193 g/mol. The Hall–Kier alpha value is -1.10. The Kier molecular flexibility index (Phi) is 2.19. The molecule has 1 saturated heterocycles. The van der Waals surface area contributed by atoms with Gasteiger partial charge in [0, 0.05) is 31.4 Å². The van der Waals surface area contributed by atoms with Crippen molar-refractivity contribution in [2.45, 2.75) is 12.1 Å². The number of aromatic nitrogens is 1. The molecule has 0 spiro atoms. The minimum atomic E-state index is -4.29. The van der Waals surface area contributed by atoms with E-state index in [-0.39, 0.29) is 5.92 Å². The predicted octanol–water partition coefficient (Wildman–Crippen LogP) is 1.79. The molecule has 1 fully saturated rings. The highest BCUT2D eigenvalue weighted by Crippen LogP contribution is 2.30. The van der Waals surface area contributed by atoms with E-state index in [0.717, 1.165) is 19.3 Å². The van der Waals surface area contributed by atoms with Crippen molar-refractivity contribution >= 4 is 0 Å². The molecule has 1 aliphatic heterocycles. The van der Waals surface area contributed by atoms with Crippen LogP contribution in [0.15, 0.2) is 18.5 Å². The van der Waals surface area contributed by atoms with Gasteiger partial charge in [0.15, 0.2) is 0 Å². The van der Waals surface area contributed by atoms with Crippen LogP contribution in [0.2, 0.25) is 0 Å². The van der Waals surface area contributed by atoms with E-state index < -0.39 is 11.7 Å². The van der Waals surface area contributed by atoms with E-state index in [9.17, 15) is 13.2 Å². The summed E-state index contributed by atoms with van der Waals surface area (Å²) in [4.78, 5) is 3.61. The van der Waals surface area contributed by atoms with Gasteiger partial charge in [0.25, 0.3) is 0 Å². The molecule has 2 rings (SSSR count). The van der Waals surface area contributed by atoms with Crippen LogP contribution in [0.3, 0.4) is 0 Å². The lowest BCUT2D eigenvalue weighted by atomic mass is 9.94. The second-order valence-electron chi connectivity index (χ2n) is 3.36. The number of nitrogens with zero attached hydrogens (tertiary/aromatic N) is 1. The molecule has 1 aromatic heterocycles. The second-order valence-corrected chi connectivity index (χ2v) is 3.36. The molecule has 76 valence electrons. The summed E-state index contributed by atoms with van der Waals surface area (Å²) < 4.78 is 36.9. The van der Waals surface area contributed by atoms with Gasteiger partial charge >= 0.3 is 6.18 Å². The predicted molar refractivity (Wildman–Crippen MR) is 44.8 cm³/mol. The van der Waals surface area contributed by atoms with Crippen molar-refractivity contribution in [2.24, 2.45) is 0 Å². The number of pyridine rings is 1. The van der Waals surface area contributed by atoms with Crippen molar-refractivity contribution in [2.75, 3.05) is 13.1 Å². The molecule has 0 aromatic carbocycles. The van der Waals surface area contributed by atoms with E-state index in [2.05, 4.69) is 10.3 Å². The summed E-state index contributed by atoms with van der Waals surface area (Å²) in [7, 11) is 0. The molecule has 0 bridgehead atoms. The Morgan fingerprint density at radius 2 is 2.00 bits per heavy atom. The Labute approximate surface area is 79.2 Å². The van der Waals surface area contributed by atoms with Crippen LogP contribution in [0.1, 0.15) is 17.0 Å². The highest BCUT2D eigenvalue weighted by atomic mass is 19.4. The van der Waals surface area contributed by atoms with Crippen LogP contribution >= 0.6 is 0 Å². The van der Waals surface area contributed by atoms with Crippen LogP contribution in [0.5, 0.6) is 0 Å². The van der Waals surface area contributed by atoms with Crippen LogP contribution in [0.25, 0.3) is 0 Å². The zero-order valence-electron chi connectivity index (χ0n) is 7.30. The lowest BCUT2D eigenvalue weighted by Crippen LogP contribution is -2.40. The van der Waals surface area contributed by atoms with Crippen LogP contribution in [0, 0.1) is 0 Å². The summed E-state index contributed by atoms with van der Waals surface area (Å²) in [5.41, 5.74) is 0.000440. The standard InChI is InChI=1S/C9H9F3N2/c10-9(11,12)8-1-6(2-14-5-8)7-3-13-4-7/h1-2,5,7,13H,3-4H2. The lowest BCUT2D eigenvalue weighted by molar-refractivity contribution is -0.137. The van der Waals surface area contributed by atoms with E-state index in [0.29, 0.717) is 5.56 Å². The Morgan fingerprint density at radius 3 is 2.50 bits per heavy atom. The highest BCUT2D eigenvalue weighted by molar-refractivity contribution is 5.25. The average Bonchev–Trinajstić information content (AvgIpc) is 2.00. The van der Waals surface area contributed by atoms with Gasteiger partial charge < -0.3 is 5.32 Å². The Balaban J connectivity index is 2.26. The molecule has 5 heteroatoms. The first-order valence-corrected chi connectivity index (χ1v) is 4.30. The van der Waals surface area contributed by atoms with Gasteiger partial charge in [-0.25, -0.2) is 0 Å². The highest BCUT2D eigenvalue weighted by Gasteiger charge is 2.32. The smallest absolute Gasteiger partial charge is 0.315 e. The van der Waals surface area contributed by atoms with Crippen LogP contribution < -0.4 is 5.32 Å². The second kappa shape index (κ2) is 3.24. The minimum absolute atomic E-state index is 0.185. The van der Waals surface area contributed by atoms with E-state index in [1.807, 2.05) is 0 Å². The van der Waals surface area contributed by atoms with E-state index in [4.69, 9.17) is 0 Å². The third-order valence-corrected chi connectivity index (χ3v) is 2.34. The van der Waals surface area contributed by atoms with Gasteiger partial charge in [-0.15, -0.1) is 0 Å². The summed E-state index contributed by atoms with van der Waals surface area (Å²) in [5.74, 6) is 0.185. The summed E-state index contributed by atoms with van der Waals surface area (Å²) in [6, 6.07) is 1.18. The molecule has 1 N–H and O–H groups in total. The molecule has 0 aliphatic carbocycles. The third-order valence-electron chi connectivity index (χ3n) is 2.34. The van der Waals surface area contributed by atoms with Crippen molar-refractivity contribution < 1.29 is 13.2 Å². The van der Waals surface area contributed by atoms with Crippen LogP contribution in [-0.4, -0.2) is 18.1 Å². The first-order valence-electron chi connectivity index (χ1n) is 4.30. The molecule has 0 radical (unpaired) electrons.